The monoisotopic (exact) mass is 421 g/mol. The van der Waals surface area contributed by atoms with Gasteiger partial charge in [-0.15, -0.1) is 5.10 Å². The van der Waals surface area contributed by atoms with Gasteiger partial charge < -0.3 is 19.5 Å². The normalized spacial score (nSPS) is 20.1. The van der Waals surface area contributed by atoms with Gasteiger partial charge in [-0.25, -0.2) is 4.68 Å². The van der Waals surface area contributed by atoms with E-state index in [2.05, 4.69) is 20.9 Å². The topological polar surface area (TPSA) is 98.2 Å². The van der Waals surface area contributed by atoms with E-state index in [0.29, 0.717) is 19.6 Å². The van der Waals surface area contributed by atoms with Crippen LogP contribution in [0, 0.1) is 6.92 Å². The lowest BCUT2D eigenvalue weighted by atomic mass is 9.97. The summed E-state index contributed by atoms with van der Waals surface area (Å²) in [5.74, 6) is 0. The molecular weight excluding hydrogens is 394 g/mol. The van der Waals surface area contributed by atoms with E-state index >= 15 is 0 Å². The Hall–Kier alpha value is -2.81. The van der Waals surface area contributed by atoms with Crippen molar-refractivity contribution in [2.24, 2.45) is 7.05 Å². The first-order valence-corrected chi connectivity index (χ1v) is 10.5. The highest BCUT2D eigenvalue weighted by Crippen LogP contribution is 2.38. The minimum atomic E-state index is -0.972. The summed E-state index contributed by atoms with van der Waals surface area (Å²) in [6.07, 6.45) is 1.92. The number of aromatic nitrogens is 5. The van der Waals surface area contributed by atoms with Crippen LogP contribution in [0.2, 0.25) is 0 Å². The highest BCUT2D eigenvalue weighted by atomic mass is 16.5. The van der Waals surface area contributed by atoms with E-state index in [9.17, 15) is 10.2 Å². The molecular formula is C23H27N5O3. The fourth-order valence-electron chi connectivity index (χ4n) is 4.64. The molecule has 0 aliphatic carbocycles. The van der Waals surface area contributed by atoms with Crippen molar-refractivity contribution in [3.05, 3.63) is 41.7 Å². The van der Waals surface area contributed by atoms with Gasteiger partial charge in [0.2, 0.25) is 0 Å². The number of ether oxygens (including phenoxy) is 1. The summed E-state index contributed by atoms with van der Waals surface area (Å²) in [5.41, 5.74) is 5.27. The van der Waals surface area contributed by atoms with Gasteiger partial charge in [-0.1, -0.05) is 17.3 Å². The number of hydrogen-bond donors (Lipinski definition) is 2. The number of rotatable bonds is 3. The maximum Gasteiger partial charge on any atom is 0.0981 e. The molecule has 1 fully saturated rings. The molecule has 8 nitrogen and oxygen atoms in total. The van der Waals surface area contributed by atoms with E-state index < -0.39 is 11.7 Å². The molecule has 162 valence electrons. The second-order valence-electron chi connectivity index (χ2n) is 8.90. The van der Waals surface area contributed by atoms with Crippen LogP contribution in [0.5, 0.6) is 0 Å². The fraction of sp³-hybridized carbons (Fsp3) is 0.435. The van der Waals surface area contributed by atoms with Crippen LogP contribution in [0.4, 0.5) is 0 Å². The highest BCUT2D eigenvalue weighted by molar-refractivity contribution is 6.07. The lowest BCUT2D eigenvalue weighted by Gasteiger charge is -2.30. The number of aliphatic hydroxyl groups is 2. The summed E-state index contributed by atoms with van der Waals surface area (Å²) in [6, 6.07) is 7.91. The molecule has 0 spiro atoms. The third-order valence-corrected chi connectivity index (χ3v) is 6.24. The molecule has 2 unspecified atom stereocenters. The maximum atomic E-state index is 10.8. The zero-order valence-electron chi connectivity index (χ0n) is 18.2. The van der Waals surface area contributed by atoms with Gasteiger partial charge in [0.05, 0.1) is 52.3 Å². The number of fused-ring (bicyclic) bond motifs is 3. The first-order valence-electron chi connectivity index (χ1n) is 10.5. The molecule has 0 radical (unpaired) electrons. The summed E-state index contributed by atoms with van der Waals surface area (Å²) >= 11 is 0. The van der Waals surface area contributed by atoms with Crippen molar-refractivity contribution in [2.75, 3.05) is 13.2 Å². The minimum absolute atomic E-state index is 0.145. The Balaban J connectivity index is 1.83. The zero-order chi connectivity index (χ0) is 21.9. The number of hydrogen-bond acceptors (Lipinski definition) is 6. The van der Waals surface area contributed by atoms with Gasteiger partial charge in [0, 0.05) is 30.8 Å². The van der Waals surface area contributed by atoms with Gasteiger partial charge in [0.15, 0.2) is 0 Å². The van der Waals surface area contributed by atoms with Gasteiger partial charge in [0.1, 0.15) is 0 Å². The summed E-state index contributed by atoms with van der Waals surface area (Å²) in [4.78, 5) is 4.81. The highest BCUT2D eigenvalue weighted by Gasteiger charge is 2.30. The molecule has 1 aromatic carbocycles. The van der Waals surface area contributed by atoms with E-state index in [0.717, 1.165) is 44.5 Å². The van der Waals surface area contributed by atoms with Crippen molar-refractivity contribution in [2.45, 2.75) is 44.9 Å². The van der Waals surface area contributed by atoms with E-state index in [1.54, 1.807) is 18.5 Å². The van der Waals surface area contributed by atoms with Crippen molar-refractivity contribution in [3.63, 3.8) is 0 Å². The van der Waals surface area contributed by atoms with E-state index in [-0.39, 0.29) is 6.04 Å². The van der Waals surface area contributed by atoms with Crippen LogP contribution in [0.25, 0.3) is 33.2 Å². The molecule has 31 heavy (non-hydrogen) atoms. The van der Waals surface area contributed by atoms with Crippen molar-refractivity contribution >= 4 is 21.9 Å². The molecule has 8 heteroatoms. The summed E-state index contributed by atoms with van der Waals surface area (Å²) in [7, 11) is 1.87. The van der Waals surface area contributed by atoms with Crippen molar-refractivity contribution in [3.8, 4) is 11.3 Å². The largest absolute Gasteiger partial charge is 0.389 e. The van der Waals surface area contributed by atoms with Crippen LogP contribution in [-0.2, 0) is 17.4 Å². The van der Waals surface area contributed by atoms with Crippen molar-refractivity contribution in [1.82, 2.24) is 24.5 Å². The predicted molar refractivity (Wildman–Crippen MR) is 118 cm³/mol. The molecule has 0 bridgehead atoms. The van der Waals surface area contributed by atoms with Gasteiger partial charge in [-0.2, -0.15) is 0 Å². The Labute approximate surface area is 180 Å². The summed E-state index contributed by atoms with van der Waals surface area (Å²) in [5, 5.41) is 30.7. The van der Waals surface area contributed by atoms with Gasteiger partial charge in [-0.05, 0) is 44.9 Å². The lowest BCUT2D eigenvalue weighted by molar-refractivity contribution is -0.0364. The van der Waals surface area contributed by atoms with Gasteiger partial charge in [0.25, 0.3) is 0 Å². The second kappa shape index (κ2) is 7.12. The van der Waals surface area contributed by atoms with Crippen LogP contribution in [-0.4, -0.2) is 54.1 Å². The third kappa shape index (κ3) is 3.22. The molecule has 1 aliphatic rings. The standard InChI is InChI=1S/C23H27N5O3/c1-13-22(27(4)26-25-13)14-9-19-21(24-11-14)16-6-5-15(23(2,3)30)10-18(16)28(19)17-7-8-31-12-20(17)29/h5-6,9-11,17,20,29-30H,7-8,12H2,1-4H3. The van der Waals surface area contributed by atoms with Crippen LogP contribution in [0.15, 0.2) is 30.5 Å². The minimum Gasteiger partial charge on any atom is -0.389 e. The van der Waals surface area contributed by atoms with Crippen LogP contribution in [0.3, 0.4) is 0 Å². The Bertz CT molecular complexity index is 1260. The second-order valence-corrected chi connectivity index (χ2v) is 8.90. The smallest absolute Gasteiger partial charge is 0.0981 e. The number of benzene rings is 1. The van der Waals surface area contributed by atoms with Gasteiger partial charge >= 0.3 is 0 Å². The average Bonchev–Trinajstić information content (AvgIpc) is 3.23. The molecule has 4 heterocycles. The summed E-state index contributed by atoms with van der Waals surface area (Å²) in [6.45, 7) is 6.37. The predicted octanol–water partition coefficient (Wildman–Crippen LogP) is 2.84. The Morgan fingerprint density at radius 3 is 2.68 bits per heavy atom. The molecule has 2 N–H and O–H groups in total. The molecule has 1 aliphatic heterocycles. The van der Waals surface area contributed by atoms with Crippen molar-refractivity contribution < 1.29 is 14.9 Å². The fourth-order valence-corrected chi connectivity index (χ4v) is 4.64. The SMILES string of the molecule is Cc1nnn(C)c1-c1cnc2c3ccc(C(C)(C)O)cc3n(C3CCOCC3O)c2c1. The third-order valence-electron chi connectivity index (χ3n) is 6.24. The first-order chi connectivity index (χ1) is 14.8. The lowest BCUT2D eigenvalue weighted by Crippen LogP contribution is -2.34. The zero-order valence-corrected chi connectivity index (χ0v) is 18.2. The number of nitrogens with zero attached hydrogens (tertiary/aromatic N) is 5. The van der Waals surface area contributed by atoms with E-state index in [4.69, 9.17) is 9.72 Å². The summed E-state index contributed by atoms with van der Waals surface area (Å²) < 4.78 is 9.41. The number of pyridine rings is 1. The quantitative estimate of drug-likeness (QED) is 0.528. The van der Waals surface area contributed by atoms with Crippen LogP contribution < -0.4 is 0 Å². The first kappa shape index (κ1) is 20.1. The maximum absolute atomic E-state index is 10.8. The number of aliphatic hydroxyl groups excluding tert-OH is 1. The molecule has 2 atom stereocenters. The molecule has 5 rings (SSSR count). The molecule has 0 saturated carbocycles. The Morgan fingerprint density at radius 2 is 2.00 bits per heavy atom. The van der Waals surface area contributed by atoms with Crippen LogP contribution in [0.1, 0.15) is 37.6 Å². The Kier molecular flexibility index (Phi) is 4.62. The van der Waals surface area contributed by atoms with Crippen molar-refractivity contribution in [1.29, 1.82) is 0 Å². The average molecular weight is 422 g/mol. The number of aryl methyl sites for hydroxylation is 2. The van der Waals surface area contributed by atoms with E-state index in [1.165, 1.54) is 0 Å². The van der Waals surface area contributed by atoms with E-state index in [1.807, 2.05) is 38.4 Å². The molecule has 1 saturated heterocycles. The Morgan fingerprint density at radius 1 is 1.19 bits per heavy atom. The molecule has 3 aromatic heterocycles. The molecule has 0 amide bonds. The van der Waals surface area contributed by atoms with Crippen LogP contribution >= 0.6 is 0 Å². The van der Waals surface area contributed by atoms with Gasteiger partial charge in [-0.3, -0.25) is 4.98 Å². The molecule has 4 aromatic rings.